The van der Waals surface area contributed by atoms with Crippen LogP contribution in [-0.2, 0) is 24.0 Å². The monoisotopic (exact) mass is 398 g/mol. The van der Waals surface area contributed by atoms with Crippen LogP contribution in [0.25, 0.3) is 20.4 Å². The molecule has 1 saturated heterocycles. The molecule has 1 aliphatic heterocycles. The summed E-state index contributed by atoms with van der Waals surface area (Å²) in [6.45, 7) is 8.19. The molecule has 2 N–H and O–H groups in total. The van der Waals surface area contributed by atoms with Crippen molar-refractivity contribution in [2.24, 2.45) is 0 Å². The minimum atomic E-state index is 0.875. The summed E-state index contributed by atoms with van der Waals surface area (Å²) < 4.78 is 6.61. The van der Waals surface area contributed by atoms with E-state index in [4.69, 9.17) is 9.72 Å². The lowest BCUT2D eigenvalue weighted by Gasteiger charge is -2.23. The molecular formula is C21H28N5OS+. The van der Waals surface area contributed by atoms with Gasteiger partial charge in [0.25, 0.3) is 0 Å². The second-order valence-electron chi connectivity index (χ2n) is 7.84. The Bertz CT molecular complexity index is 996. The number of thiophene rings is 1. The van der Waals surface area contributed by atoms with Crippen molar-refractivity contribution in [1.29, 1.82) is 0 Å². The van der Waals surface area contributed by atoms with Crippen LogP contribution in [0.4, 0.5) is 5.82 Å². The van der Waals surface area contributed by atoms with Crippen LogP contribution in [0.1, 0.15) is 36.6 Å². The van der Waals surface area contributed by atoms with Gasteiger partial charge < -0.3 is 15.0 Å². The predicted octanol–water partition coefficient (Wildman–Crippen LogP) is 2.01. The van der Waals surface area contributed by atoms with Crippen molar-refractivity contribution in [3.8, 4) is 0 Å². The molecule has 0 saturated carbocycles. The van der Waals surface area contributed by atoms with Crippen LogP contribution in [0.2, 0.25) is 0 Å². The molecule has 1 aliphatic carbocycles. The zero-order valence-corrected chi connectivity index (χ0v) is 17.3. The Balaban J connectivity index is 1.48. The molecule has 0 aromatic carbocycles. The van der Waals surface area contributed by atoms with E-state index in [-0.39, 0.29) is 0 Å². The molecule has 2 aliphatic rings. The summed E-state index contributed by atoms with van der Waals surface area (Å²) in [5.74, 6) is 0.962. The van der Waals surface area contributed by atoms with E-state index in [1.165, 1.54) is 35.0 Å². The molecule has 6 nitrogen and oxygen atoms in total. The normalized spacial score (nSPS) is 17.5. The molecule has 3 aromatic heterocycles. The molecule has 0 unspecified atom stereocenters. The molecule has 148 valence electrons. The van der Waals surface area contributed by atoms with Gasteiger partial charge in [-0.2, -0.15) is 0 Å². The van der Waals surface area contributed by atoms with E-state index in [2.05, 4.69) is 22.2 Å². The van der Waals surface area contributed by atoms with Gasteiger partial charge in [0, 0.05) is 11.1 Å². The number of hydrogen-bond acceptors (Lipinski definition) is 6. The summed E-state index contributed by atoms with van der Waals surface area (Å²) >= 11 is 1.75. The van der Waals surface area contributed by atoms with E-state index in [1.54, 1.807) is 22.6 Å². The van der Waals surface area contributed by atoms with Crippen molar-refractivity contribution in [2.75, 3.05) is 44.7 Å². The molecule has 0 amide bonds. The van der Waals surface area contributed by atoms with Crippen molar-refractivity contribution in [1.82, 2.24) is 15.0 Å². The Kier molecular flexibility index (Phi) is 5.13. The number of ether oxygens (including phenoxy) is 1. The van der Waals surface area contributed by atoms with Gasteiger partial charge in [-0.15, -0.1) is 11.3 Å². The summed E-state index contributed by atoms with van der Waals surface area (Å²) in [6, 6.07) is 0. The maximum atomic E-state index is 5.45. The number of hydrogen-bond donors (Lipinski definition) is 2. The summed E-state index contributed by atoms with van der Waals surface area (Å²) in [7, 11) is 0. The Hall–Kier alpha value is -1.83. The molecule has 0 bridgehead atoms. The highest BCUT2D eigenvalue weighted by Crippen LogP contribution is 2.41. The standard InChI is InChI=1S/C21H27N5OS/c1-2-4-16-14-5-3-6-15(14)17-18-19(28-21(17)25-16)20(24-13-23-18)22-7-8-26-9-11-27-12-10-26/h13H,2-12H2,1H3,(H,22,23,24)/p+1. The summed E-state index contributed by atoms with van der Waals surface area (Å²) in [4.78, 5) is 17.1. The largest absolute Gasteiger partial charge is 0.370 e. The molecule has 28 heavy (non-hydrogen) atoms. The number of aromatic nitrogens is 3. The smallest absolute Gasteiger partial charge is 0.147 e. The molecule has 1 fully saturated rings. The van der Waals surface area contributed by atoms with Crippen molar-refractivity contribution < 1.29 is 9.64 Å². The lowest BCUT2D eigenvalue weighted by molar-refractivity contribution is -0.906. The van der Waals surface area contributed by atoms with Crippen molar-refractivity contribution in [2.45, 2.75) is 39.0 Å². The number of morpholine rings is 1. The van der Waals surface area contributed by atoms with Crippen LogP contribution in [0.15, 0.2) is 6.33 Å². The fourth-order valence-electron chi connectivity index (χ4n) is 4.61. The van der Waals surface area contributed by atoms with Gasteiger partial charge in [0.05, 0.1) is 36.5 Å². The average Bonchev–Trinajstić information content (AvgIpc) is 3.34. The first kappa shape index (κ1) is 18.2. The molecule has 0 spiro atoms. The quantitative estimate of drug-likeness (QED) is 0.665. The Morgan fingerprint density at radius 2 is 2.04 bits per heavy atom. The van der Waals surface area contributed by atoms with Gasteiger partial charge in [0.1, 0.15) is 30.1 Å². The summed E-state index contributed by atoms with van der Waals surface area (Å²) in [5, 5.41) is 4.86. The maximum absolute atomic E-state index is 5.45. The highest BCUT2D eigenvalue weighted by Gasteiger charge is 2.24. The van der Waals surface area contributed by atoms with Gasteiger partial charge in [-0.3, -0.25) is 0 Å². The minimum absolute atomic E-state index is 0.875. The number of nitrogens with one attached hydrogen (secondary N) is 2. The van der Waals surface area contributed by atoms with E-state index in [0.29, 0.717) is 0 Å². The van der Waals surface area contributed by atoms with Crippen LogP contribution in [0, 0.1) is 0 Å². The number of quaternary nitrogens is 1. The number of fused-ring (bicyclic) bond motifs is 5. The van der Waals surface area contributed by atoms with E-state index in [9.17, 15) is 0 Å². The second-order valence-corrected chi connectivity index (χ2v) is 8.84. The Labute approximate surface area is 169 Å². The van der Waals surface area contributed by atoms with E-state index in [1.807, 2.05) is 0 Å². The third kappa shape index (κ3) is 3.25. The zero-order valence-electron chi connectivity index (χ0n) is 16.5. The molecule has 5 rings (SSSR count). The van der Waals surface area contributed by atoms with Gasteiger partial charge in [-0.25, -0.2) is 15.0 Å². The van der Waals surface area contributed by atoms with E-state index in [0.717, 1.165) is 79.5 Å². The lowest BCUT2D eigenvalue weighted by Crippen LogP contribution is -3.14. The van der Waals surface area contributed by atoms with Crippen molar-refractivity contribution in [3.05, 3.63) is 23.1 Å². The summed E-state index contributed by atoms with van der Waals surface area (Å²) in [6.07, 6.45) is 7.49. The van der Waals surface area contributed by atoms with Crippen molar-refractivity contribution in [3.63, 3.8) is 0 Å². The first-order chi connectivity index (χ1) is 13.8. The third-order valence-electron chi connectivity index (χ3n) is 6.02. The fraction of sp³-hybridized carbons (Fsp3) is 0.571. The molecular weight excluding hydrogens is 370 g/mol. The van der Waals surface area contributed by atoms with Crippen LogP contribution >= 0.6 is 11.3 Å². The highest BCUT2D eigenvalue weighted by atomic mass is 32.1. The number of pyridine rings is 1. The number of nitrogens with zero attached hydrogens (tertiary/aromatic N) is 3. The number of anilines is 1. The Morgan fingerprint density at radius 3 is 2.89 bits per heavy atom. The van der Waals surface area contributed by atoms with Gasteiger partial charge >= 0.3 is 0 Å². The SMILES string of the molecule is CCCc1nc2sc3c(NCC[NH+]4CCOCC4)ncnc3c2c2c1CCC2. The molecule has 0 atom stereocenters. The van der Waals surface area contributed by atoms with Gasteiger partial charge in [-0.05, 0) is 36.8 Å². The number of aryl methyl sites for hydroxylation is 2. The summed E-state index contributed by atoms with van der Waals surface area (Å²) in [5.41, 5.74) is 5.40. The average molecular weight is 399 g/mol. The first-order valence-electron chi connectivity index (χ1n) is 10.6. The predicted molar refractivity (Wildman–Crippen MR) is 114 cm³/mol. The van der Waals surface area contributed by atoms with Crippen LogP contribution in [-0.4, -0.2) is 54.3 Å². The molecule has 0 radical (unpaired) electrons. The first-order valence-corrected chi connectivity index (χ1v) is 11.4. The lowest BCUT2D eigenvalue weighted by atomic mass is 10.0. The highest BCUT2D eigenvalue weighted by molar-refractivity contribution is 7.26. The van der Waals surface area contributed by atoms with Crippen LogP contribution < -0.4 is 10.2 Å². The number of rotatable bonds is 6. The topological polar surface area (TPSA) is 64.4 Å². The zero-order chi connectivity index (χ0) is 18.9. The van der Waals surface area contributed by atoms with Gasteiger partial charge in [-0.1, -0.05) is 13.3 Å². The van der Waals surface area contributed by atoms with Crippen molar-refractivity contribution >= 4 is 37.6 Å². The molecule has 4 heterocycles. The molecule has 3 aromatic rings. The van der Waals surface area contributed by atoms with Gasteiger partial charge in [0.2, 0.25) is 0 Å². The third-order valence-corrected chi connectivity index (χ3v) is 7.09. The Morgan fingerprint density at radius 1 is 1.18 bits per heavy atom. The van der Waals surface area contributed by atoms with E-state index >= 15 is 0 Å². The van der Waals surface area contributed by atoms with Crippen LogP contribution in [0.3, 0.4) is 0 Å². The van der Waals surface area contributed by atoms with Crippen LogP contribution in [0.5, 0.6) is 0 Å². The fourth-order valence-corrected chi connectivity index (χ4v) is 5.76. The second kappa shape index (κ2) is 7.89. The maximum Gasteiger partial charge on any atom is 0.147 e. The molecule has 7 heteroatoms. The van der Waals surface area contributed by atoms with Gasteiger partial charge in [0.15, 0.2) is 0 Å². The van der Waals surface area contributed by atoms with E-state index < -0.39 is 0 Å². The minimum Gasteiger partial charge on any atom is -0.370 e.